The molecule has 2 nitrogen and oxygen atoms in total. The summed E-state index contributed by atoms with van der Waals surface area (Å²) >= 11 is 0. The molecule has 11 heavy (non-hydrogen) atoms. The summed E-state index contributed by atoms with van der Waals surface area (Å²) in [5, 5.41) is 7.89. The Morgan fingerprint density at radius 1 is 1.18 bits per heavy atom. The molecular formula is C4H6Cl4CrO2. The van der Waals surface area contributed by atoms with Gasteiger partial charge in [-0.05, 0) is 6.92 Å². The van der Waals surface area contributed by atoms with E-state index in [0.29, 0.717) is 0 Å². The van der Waals surface area contributed by atoms with E-state index in [2.05, 4.69) is 6.58 Å². The molecule has 0 aromatic heterocycles. The third kappa shape index (κ3) is 36.0. The zero-order valence-corrected chi connectivity index (χ0v) is 9.78. The Balaban J connectivity index is -0.0000000125. The largest absolute Gasteiger partial charge is 4.00 e. The van der Waals surface area contributed by atoms with Crippen LogP contribution in [0.2, 0.25) is 0 Å². The van der Waals surface area contributed by atoms with Crippen LogP contribution in [0.15, 0.2) is 12.2 Å². The molecule has 0 aromatic carbocycles. The predicted molar refractivity (Wildman–Crippen MR) is 22.4 cm³/mol. The average molecular weight is 280 g/mol. The van der Waals surface area contributed by atoms with Crippen molar-refractivity contribution in [2.24, 2.45) is 0 Å². The Bertz CT molecular complexity index is 86.1. The molecule has 0 saturated carbocycles. The third-order valence-electron chi connectivity index (χ3n) is 0.365. The number of aliphatic carboxylic acids is 1. The number of hydrogen-bond donors (Lipinski definition) is 1. The summed E-state index contributed by atoms with van der Waals surface area (Å²) in [5.41, 5.74) is 0.176. The van der Waals surface area contributed by atoms with Crippen molar-refractivity contribution in [3.8, 4) is 0 Å². The van der Waals surface area contributed by atoms with Gasteiger partial charge in [-0.15, -0.1) is 0 Å². The fraction of sp³-hybridized carbons (Fsp3) is 0.250. The first-order chi connectivity index (χ1) is 2.64. The first-order valence-corrected chi connectivity index (χ1v) is 1.53. The molecule has 7 heteroatoms. The predicted octanol–water partition coefficient (Wildman–Crippen LogP) is -11.3. The smallest absolute Gasteiger partial charge is 1.00 e. The summed E-state index contributed by atoms with van der Waals surface area (Å²) in [4.78, 5) is 9.60. The van der Waals surface area contributed by atoms with Crippen molar-refractivity contribution in [1.29, 1.82) is 0 Å². The number of hydrogen-bond acceptors (Lipinski definition) is 1. The van der Waals surface area contributed by atoms with E-state index in [1.807, 2.05) is 0 Å². The zero-order chi connectivity index (χ0) is 5.15. The van der Waals surface area contributed by atoms with Gasteiger partial charge in [0.25, 0.3) is 0 Å². The van der Waals surface area contributed by atoms with Crippen LogP contribution in [0, 0.1) is 0 Å². The van der Waals surface area contributed by atoms with Gasteiger partial charge in [-0.2, -0.15) is 0 Å². The SMILES string of the molecule is C=C(C)C(=O)O.[Cl-].[Cl-].[Cl-].[Cl-].[Cr+4]. The van der Waals surface area contributed by atoms with Crippen molar-refractivity contribution in [2.45, 2.75) is 6.92 Å². The Morgan fingerprint density at radius 3 is 1.27 bits per heavy atom. The van der Waals surface area contributed by atoms with E-state index in [4.69, 9.17) is 5.11 Å². The number of halogens is 4. The number of carboxylic acid groups (broad SMARTS) is 1. The molecule has 0 aliphatic carbocycles. The van der Waals surface area contributed by atoms with Crippen LogP contribution in [0.4, 0.5) is 0 Å². The van der Waals surface area contributed by atoms with E-state index in [1.165, 1.54) is 6.92 Å². The van der Waals surface area contributed by atoms with Crippen LogP contribution < -0.4 is 49.6 Å². The third-order valence-corrected chi connectivity index (χ3v) is 0.365. The van der Waals surface area contributed by atoms with Crippen molar-refractivity contribution in [3.63, 3.8) is 0 Å². The van der Waals surface area contributed by atoms with Crippen LogP contribution in [0.3, 0.4) is 0 Å². The summed E-state index contributed by atoms with van der Waals surface area (Å²) in [7, 11) is 0. The van der Waals surface area contributed by atoms with E-state index < -0.39 is 5.97 Å². The van der Waals surface area contributed by atoms with Crippen molar-refractivity contribution < 1.29 is 76.9 Å². The molecule has 0 radical (unpaired) electrons. The van der Waals surface area contributed by atoms with Gasteiger partial charge in [0.1, 0.15) is 0 Å². The van der Waals surface area contributed by atoms with Gasteiger partial charge in [-0.1, -0.05) is 6.58 Å². The van der Waals surface area contributed by atoms with Crippen LogP contribution in [0.1, 0.15) is 6.92 Å². The van der Waals surface area contributed by atoms with Crippen LogP contribution in [-0.2, 0) is 22.2 Å². The molecule has 0 aliphatic rings. The maximum Gasteiger partial charge on any atom is 4.00 e. The fourth-order valence-corrected chi connectivity index (χ4v) is 0. The monoisotopic (exact) mass is 278 g/mol. The van der Waals surface area contributed by atoms with Gasteiger partial charge in [0.05, 0.1) is 0 Å². The second kappa shape index (κ2) is 22.4. The fourth-order valence-electron chi connectivity index (χ4n) is 0. The minimum atomic E-state index is -0.935. The molecule has 0 atom stereocenters. The van der Waals surface area contributed by atoms with Crippen LogP contribution in [-0.4, -0.2) is 11.1 Å². The average Bonchev–Trinajstić information content (AvgIpc) is 1.36. The van der Waals surface area contributed by atoms with Crippen LogP contribution >= 0.6 is 0 Å². The molecule has 68 valence electrons. The topological polar surface area (TPSA) is 37.3 Å². The van der Waals surface area contributed by atoms with Crippen LogP contribution in [0.25, 0.3) is 0 Å². The van der Waals surface area contributed by atoms with E-state index in [-0.39, 0.29) is 72.6 Å². The minimum Gasteiger partial charge on any atom is -1.00 e. The van der Waals surface area contributed by atoms with Crippen molar-refractivity contribution >= 4 is 5.97 Å². The van der Waals surface area contributed by atoms with Gasteiger partial charge < -0.3 is 54.7 Å². The Morgan fingerprint density at radius 2 is 1.27 bits per heavy atom. The molecule has 0 unspecified atom stereocenters. The van der Waals surface area contributed by atoms with Gasteiger partial charge in [-0.3, -0.25) is 0 Å². The Labute approximate surface area is 102 Å². The summed E-state index contributed by atoms with van der Waals surface area (Å²) in [6.45, 7) is 4.60. The summed E-state index contributed by atoms with van der Waals surface area (Å²) in [6.07, 6.45) is 0. The van der Waals surface area contributed by atoms with Gasteiger partial charge in [-0.25, -0.2) is 4.79 Å². The van der Waals surface area contributed by atoms with E-state index >= 15 is 0 Å². The van der Waals surface area contributed by atoms with E-state index in [1.54, 1.807) is 0 Å². The van der Waals surface area contributed by atoms with Gasteiger partial charge in [0.2, 0.25) is 0 Å². The molecule has 0 rings (SSSR count). The van der Waals surface area contributed by atoms with Crippen molar-refractivity contribution in [3.05, 3.63) is 12.2 Å². The first kappa shape index (κ1) is 40.6. The number of rotatable bonds is 1. The van der Waals surface area contributed by atoms with Gasteiger partial charge in [0.15, 0.2) is 0 Å². The quantitative estimate of drug-likeness (QED) is 0.484. The number of carbonyl (C=O) groups is 1. The maximum absolute atomic E-state index is 9.60. The molecule has 0 amide bonds. The second-order valence-corrected chi connectivity index (χ2v) is 1.09. The molecule has 0 heterocycles. The minimum absolute atomic E-state index is 0. The Kier molecular flexibility index (Phi) is 82.8. The summed E-state index contributed by atoms with van der Waals surface area (Å²) in [6, 6.07) is 0. The summed E-state index contributed by atoms with van der Waals surface area (Å²) < 4.78 is 0. The first-order valence-electron chi connectivity index (χ1n) is 1.53. The maximum atomic E-state index is 9.60. The number of carboxylic acids is 1. The normalized spacial score (nSPS) is 4.09. The second-order valence-electron chi connectivity index (χ2n) is 1.09. The molecule has 1 N–H and O–H groups in total. The molecule has 0 spiro atoms. The van der Waals surface area contributed by atoms with Crippen molar-refractivity contribution in [2.75, 3.05) is 0 Å². The van der Waals surface area contributed by atoms with Gasteiger partial charge in [0, 0.05) is 5.57 Å². The van der Waals surface area contributed by atoms with Crippen molar-refractivity contribution in [1.82, 2.24) is 0 Å². The molecule has 0 fully saturated rings. The molecule has 0 bridgehead atoms. The summed E-state index contributed by atoms with van der Waals surface area (Å²) in [5.74, 6) is -0.935. The van der Waals surface area contributed by atoms with Crippen LogP contribution in [0.5, 0.6) is 0 Å². The Hall–Kier alpha value is 0.902. The van der Waals surface area contributed by atoms with E-state index in [0.717, 1.165) is 0 Å². The molecular weight excluding hydrogens is 274 g/mol. The molecule has 0 saturated heterocycles. The van der Waals surface area contributed by atoms with Gasteiger partial charge >= 0.3 is 23.3 Å². The standard InChI is InChI=1S/C4H6O2.4ClH.Cr/c1-3(2)4(5)6;;;;;/h1H2,2H3,(H,5,6);4*1H;/q;;;;;+4/p-4. The zero-order valence-electron chi connectivity index (χ0n) is 5.48. The van der Waals surface area contributed by atoms with E-state index in [9.17, 15) is 4.79 Å². The molecule has 0 aromatic rings. The molecule has 0 aliphatic heterocycles.